The van der Waals surface area contributed by atoms with Gasteiger partial charge in [0.1, 0.15) is 12.4 Å². The number of ether oxygens (including phenoxy) is 1. The summed E-state index contributed by atoms with van der Waals surface area (Å²) in [4.78, 5) is 11.6. The minimum absolute atomic E-state index is 0.106. The van der Waals surface area contributed by atoms with Gasteiger partial charge in [-0.25, -0.2) is 0 Å². The minimum atomic E-state index is -0.106. The summed E-state index contributed by atoms with van der Waals surface area (Å²) in [6.07, 6.45) is 1.60. The molecule has 3 rings (SSSR count). The highest BCUT2D eigenvalue weighted by molar-refractivity contribution is 9.10. The zero-order chi connectivity index (χ0) is 17.8. The summed E-state index contributed by atoms with van der Waals surface area (Å²) < 4.78 is 7.06. The van der Waals surface area contributed by atoms with Crippen molar-refractivity contribution < 1.29 is 9.53 Å². The molecule has 2 aromatic rings. The molecule has 0 aromatic heterocycles. The Balaban J connectivity index is 1.67. The number of amides is 1. The first-order chi connectivity index (χ1) is 12.0. The Morgan fingerprint density at radius 1 is 1.36 bits per heavy atom. The van der Waals surface area contributed by atoms with Crippen LogP contribution >= 0.6 is 51.5 Å². The van der Waals surface area contributed by atoms with E-state index in [1.165, 1.54) is 16.8 Å². The second-order valence-corrected chi connectivity index (χ2v) is 7.95. The monoisotopic (exact) mass is 454 g/mol. The van der Waals surface area contributed by atoms with Crippen molar-refractivity contribution in [3.63, 3.8) is 0 Å². The summed E-state index contributed by atoms with van der Waals surface area (Å²) >= 11 is 16.0. The first kappa shape index (κ1) is 18.4. The molecule has 0 spiro atoms. The molecule has 1 aliphatic rings. The predicted molar refractivity (Wildman–Crippen MR) is 109 cm³/mol. The smallest absolute Gasteiger partial charge is 0.259 e. The Morgan fingerprint density at radius 2 is 2.16 bits per heavy atom. The van der Waals surface area contributed by atoms with E-state index in [-0.39, 0.29) is 5.91 Å². The van der Waals surface area contributed by atoms with Crippen molar-refractivity contribution in [2.45, 2.75) is 6.61 Å². The number of thiocarbonyl (C=S) groups is 1. The molecule has 8 heteroatoms. The number of rotatable bonds is 5. The van der Waals surface area contributed by atoms with Crippen LogP contribution in [0.5, 0.6) is 5.75 Å². The number of nitrogens with zero attached hydrogens (tertiary/aromatic N) is 2. The van der Waals surface area contributed by atoms with Crippen molar-refractivity contribution in [3.8, 4) is 5.75 Å². The highest BCUT2D eigenvalue weighted by Crippen LogP contribution is 2.27. The van der Waals surface area contributed by atoms with E-state index < -0.39 is 0 Å². The molecule has 0 aliphatic carbocycles. The SMILES string of the molecule is O=C1CSC(=S)N1/N=C/c1ccc(OCc2ccccc2Cl)c(Br)c1. The molecule has 0 saturated carbocycles. The van der Waals surface area contributed by atoms with Gasteiger partial charge < -0.3 is 4.74 Å². The summed E-state index contributed by atoms with van der Waals surface area (Å²) in [7, 11) is 0. The molecule has 0 bridgehead atoms. The van der Waals surface area contributed by atoms with Gasteiger partial charge in [0.15, 0.2) is 4.32 Å². The largest absolute Gasteiger partial charge is 0.488 e. The Hall–Kier alpha value is -1.41. The Bertz CT molecular complexity index is 844. The maximum Gasteiger partial charge on any atom is 0.259 e. The van der Waals surface area contributed by atoms with Gasteiger partial charge in [0, 0.05) is 10.6 Å². The van der Waals surface area contributed by atoms with Crippen molar-refractivity contribution in [1.29, 1.82) is 0 Å². The summed E-state index contributed by atoms with van der Waals surface area (Å²) in [6, 6.07) is 13.1. The molecule has 1 aliphatic heterocycles. The van der Waals surface area contributed by atoms with Crippen LogP contribution in [0.4, 0.5) is 0 Å². The van der Waals surface area contributed by atoms with E-state index in [0.717, 1.165) is 15.6 Å². The molecule has 0 radical (unpaired) electrons. The van der Waals surface area contributed by atoms with Crippen molar-refractivity contribution >= 4 is 68.0 Å². The van der Waals surface area contributed by atoms with E-state index in [1.807, 2.05) is 42.5 Å². The molecule has 1 saturated heterocycles. The summed E-state index contributed by atoms with van der Waals surface area (Å²) in [5, 5.41) is 6.07. The molecule has 128 valence electrons. The van der Waals surface area contributed by atoms with Crippen LogP contribution in [0.15, 0.2) is 52.0 Å². The average molecular weight is 456 g/mol. The number of hydrogen-bond donors (Lipinski definition) is 0. The number of benzene rings is 2. The van der Waals surface area contributed by atoms with Gasteiger partial charge in [0.2, 0.25) is 0 Å². The average Bonchev–Trinajstić information content (AvgIpc) is 2.92. The Morgan fingerprint density at radius 3 is 2.84 bits per heavy atom. The lowest BCUT2D eigenvalue weighted by Crippen LogP contribution is -2.22. The quantitative estimate of drug-likeness (QED) is 0.476. The topological polar surface area (TPSA) is 41.9 Å². The summed E-state index contributed by atoms with van der Waals surface area (Å²) in [5.74, 6) is 0.930. The number of hydrazone groups is 1. The van der Waals surface area contributed by atoms with Crippen molar-refractivity contribution in [2.75, 3.05) is 5.75 Å². The van der Waals surface area contributed by atoms with E-state index in [0.29, 0.717) is 27.5 Å². The van der Waals surface area contributed by atoms with Gasteiger partial charge in [0.25, 0.3) is 5.91 Å². The zero-order valence-corrected chi connectivity index (χ0v) is 16.8. The Kier molecular flexibility index (Phi) is 6.11. The zero-order valence-electron chi connectivity index (χ0n) is 12.8. The fourth-order valence-electron chi connectivity index (χ4n) is 2.07. The lowest BCUT2D eigenvalue weighted by atomic mass is 10.2. The highest BCUT2D eigenvalue weighted by Gasteiger charge is 2.25. The van der Waals surface area contributed by atoms with Crippen LogP contribution in [0.3, 0.4) is 0 Å². The van der Waals surface area contributed by atoms with E-state index in [1.54, 1.807) is 6.21 Å². The van der Waals surface area contributed by atoms with Crippen LogP contribution in [-0.2, 0) is 11.4 Å². The second kappa shape index (κ2) is 8.31. The van der Waals surface area contributed by atoms with Crippen molar-refractivity contribution in [1.82, 2.24) is 5.01 Å². The van der Waals surface area contributed by atoms with Gasteiger partial charge in [-0.2, -0.15) is 10.1 Å². The summed E-state index contributed by atoms with van der Waals surface area (Å²) in [5.41, 5.74) is 1.74. The molecule has 0 N–H and O–H groups in total. The fraction of sp³-hybridized carbons (Fsp3) is 0.118. The summed E-state index contributed by atoms with van der Waals surface area (Å²) in [6.45, 7) is 0.374. The second-order valence-electron chi connectivity index (χ2n) is 5.07. The molecule has 4 nitrogen and oxygen atoms in total. The number of hydrogen-bond acceptors (Lipinski definition) is 5. The van der Waals surface area contributed by atoms with Crippen molar-refractivity contribution in [2.24, 2.45) is 5.10 Å². The number of carbonyl (C=O) groups excluding carboxylic acids is 1. The number of halogens is 2. The maximum absolute atomic E-state index is 11.6. The standard InChI is InChI=1S/C17H12BrClN2O2S2/c18-13-7-11(8-20-21-16(22)10-25-17(21)24)5-6-15(13)23-9-12-3-1-2-4-14(12)19/h1-8H,9-10H2/b20-8+. The number of carbonyl (C=O) groups is 1. The van der Waals surface area contributed by atoms with Crippen LogP contribution in [0.25, 0.3) is 0 Å². The van der Waals surface area contributed by atoms with E-state index in [9.17, 15) is 4.79 Å². The van der Waals surface area contributed by atoms with Gasteiger partial charge in [-0.1, -0.05) is 53.8 Å². The highest BCUT2D eigenvalue weighted by atomic mass is 79.9. The molecule has 25 heavy (non-hydrogen) atoms. The molecule has 1 fully saturated rings. The van der Waals surface area contributed by atoms with Crippen LogP contribution in [0.2, 0.25) is 5.02 Å². The molecular formula is C17H12BrClN2O2S2. The van der Waals surface area contributed by atoms with E-state index in [2.05, 4.69) is 21.0 Å². The van der Waals surface area contributed by atoms with Gasteiger partial charge in [-0.15, -0.1) is 0 Å². The van der Waals surface area contributed by atoms with Crippen LogP contribution in [-0.4, -0.2) is 27.2 Å². The predicted octanol–water partition coefficient (Wildman–Crippen LogP) is 4.88. The molecule has 2 aromatic carbocycles. The first-order valence-corrected chi connectivity index (χ1v) is 9.80. The van der Waals surface area contributed by atoms with Gasteiger partial charge >= 0.3 is 0 Å². The third-order valence-electron chi connectivity index (χ3n) is 3.35. The molecule has 1 heterocycles. The third kappa shape index (κ3) is 4.61. The van der Waals surface area contributed by atoms with Crippen LogP contribution in [0.1, 0.15) is 11.1 Å². The minimum Gasteiger partial charge on any atom is -0.488 e. The van der Waals surface area contributed by atoms with Crippen LogP contribution < -0.4 is 4.74 Å². The van der Waals surface area contributed by atoms with Crippen molar-refractivity contribution in [3.05, 3.63) is 63.1 Å². The molecule has 0 atom stereocenters. The fourth-order valence-corrected chi connectivity index (χ4v) is 3.74. The maximum atomic E-state index is 11.6. The first-order valence-electron chi connectivity index (χ1n) is 7.24. The van der Waals surface area contributed by atoms with Gasteiger partial charge in [0.05, 0.1) is 16.4 Å². The Labute approximate surface area is 168 Å². The third-order valence-corrected chi connectivity index (χ3v) is 5.67. The lowest BCUT2D eigenvalue weighted by Gasteiger charge is -2.10. The lowest BCUT2D eigenvalue weighted by molar-refractivity contribution is -0.123. The molecular weight excluding hydrogens is 444 g/mol. The normalized spacial score (nSPS) is 14.6. The molecule has 1 amide bonds. The van der Waals surface area contributed by atoms with E-state index >= 15 is 0 Å². The van der Waals surface area contributed by atoms with E-state index in [4.69, 9.17) is 28.6 Å². The van der Waals surface area contributed by atoms with Crippen LogP contribution in [0, 0.1) is 0 Å². The number of thioether (sulfide) groups is 1. The van der Waals surface area contributed by atoms with Gasteiger partial charge in [-0.3, -0.25) is 4.79 Å². The molecule has 0 unspecified atom stereocenters. The van der Waals surface area contributed by atoms with Gasteiger partial charge in [-0.05, 0) is 45.8 Å².